The lowest BCUT2D eigenvalue weighted by molar-refractivity contribution is -0.392. The van der Waals surface area contributed by atoms with E-state index in [4.69, 9.17) is 9.84 Å². The van der Waals surface area contributed by atoms with E-state index in [0.29, 0.717) is 12.1 Å². The third-order valence-corrected chi connectivity index (χ3v) is 12.0. The third kappa shape index (κ3) is 7.02. The fraction of sp³-hybridized carbons (Fsp3) is 0.441. The van der Waals surface area contributed by atoms with Crippen LogP contribution in [-0.4, -0.2) is 44.3 Å². The highest BCUT2D eigenvalue weighted by Gasteiger charge is 2.73. The molecule has 49 heavy (non-hydrogen) atoms. The molecule has 7 nitrogen and oxygen atoms in total. The molecule has 4 rings (SSSR count). The van der Waals surface area contributed by atoms with Gasteiger partial charge < -0.3 is 19.9 Å². The number of hydrogen-bond acceptors (Lipinski definition) is 6. The van der Waals surface area contributed by atoms with Crippen LogP contribution in [0.3, 0.4) is 0 Å². The summed E-state index contributed by atoms with van der Waals surface area (Å²) in [5.41, 5.74) is -7.94. The molecule has 0 atom stereocenters. The zero-order chi connectivity index (χ0) is 36.5. The van der Waals surface area contributed by atoms with Gasteiger partial charge in [0.05, 0.1) is 11.5 Å². The van der Waals surface area contributed by atoms with Gasteiger partial charge in [0.2, 0.25) is 0 Å². The van der Waals surface area contributed by atoms with Crippen LogP contribution in [0.25, 0.3) is 0 Å². The maximum atomic E-state index is 14.6. The molecule has 1 saturated carbocycles. The number of alkyl halides is 6. The van der Waals surface area contributed by atoms with Crippen molar-refractivity contribution in [3.63, 3.8) is 0 Å². The quantitative estimate of drug-likeness (QED) is 0.132. The van der Waals surface area contributed by atoms with E-state index in [1.54, 1.807) is 20.8 Å². The molecule has 0 bridgehead atoms. The summed E-state index contributed by atoms with van der Waals surface area (Å²) in [6.45, 7) is 3.39. The van der Waals surface area contributed by atoms with Gasteiger partial charge in [-0.2, -0.15) is 26.3 Å². The van der Waals surface area contributed by atoms with Crippen molar-refractivity contribution in [1.82, 2.24) is 5.32 Å². The van der Waals surface area contributed by atoms with E-state index in [9.17, 15) is 43.9 Å². The number of sulfone groups is 1. The first-order valence-electron chi connectivity index (χ1n) is 15.1. The van der Waals surface area contributed by atoms with E-state index >= 15 is 0 Å². The molecule has 1 aliphatic carbocycles. The van der Waals surface area contributed by atoms with Crippen molar-refractivity contribution in [2.45, 2.75) is 86.2 Å². The highest BCUT2D eigenvalue weighted by atomic mass is 32.2. The average Bonchev–Trinajstić information content (AvgIpc) is 3.01. The van der Waals surface area contributed by atoms with Gasteiger partial charge in [-0.1, -0.05) is 75.4 Å². The Labute approximate surface area is 279 Å². The summed E-state index contributed by atoms with van der Waals surface area (Å²) < 4.78 is 137. The Balaban J connectivity index is 1.86. The second-order valence-corrected chi connectivity index (χ2v) is 15.3. The van der Waals surface area contributed by atoms with Gasteiger partial charge in [0.15, 0.2) is 16.6 Å². The molecule has 0 unspecified atom stereocenters. The van der Waals surface area contributed by atoms with Gasteiger partial charge in [0.25, 0.3) is 5.60 Å². The third-order valence-electron chi connectivity index (χ3n) is 9.44. The average molecular weight is 720 g/mol. The van der Waals surface area contributed by atoms with Crippen molar-refractivity contribution >= 4 is 15.9 Å². The minimum Gasteiger partial charge on any atom is -0.423 e. The number of aliphatic hydroxyl groups is 1. The van der Waals surface area contributed by atoms with Crippen LogP contribution in [0, 0.1) is 11.2 Å². The molecule has 1 amide bonds. The summed E-state index contributed by atoms with van der Waals surface area (Å²) in [4.78, 5) is 12.1. The zero-order valence-corrected chi connectivity index (χ0v) is 27.6. The second-order valence-electron chi connectivity index (χ2n) is 13.0. The Morgan fingerprint density at radius 3 is 1.82 bits per heavy atom. The molecule has 2 N–H and O–H groups in total. The number of benzene rings is 3. The van der Waals surface area contributed by atoms with Crippen molar-refractivity contribution in [2.75, 3.05) is 6.79 Å². The second kappa shape index (κ2) is 13.6. The smallest absolute Gasteiger partial charge is 0.423 e. The number of halogens is 7. The molecule has 0 saturated heterocycles. The minimum absolute atomic E-state index is 0.0333. The number of nitrogens with one attached hydrogen (secondary N) is 1. The standard InChI is InChI=1S/C34H36F7NO6S/c1-29(2,3)31(42-28(44)47-22-43)19-17-30(18-20-31,49(45,46)27-15-13-26(35)14-16-27)24-9-11-25(12-10-24)32(33(36,37)38,34(39,40)41)48-21-23-7-5-4-6-8-23/h4-16,43H,17-22H2,1-3H3,(H,42,44). The first-order chi connectivity index (χ1) is 22.7. The highest BCUT2D eigenvalue weighted by Crippen LogP contribution is 2.56. The molecule has 0 aliphatic heterocycles. The number of amides is 1. The lowest BCUT2D eigenvalue weighted by atomic mass is 9.62. The molecule has 0 heterocycles. The predicted molar refractivity (Wildman–Crippen MR) is 164 cm³/mol. The van der Waals surface area contributed by atoms with E-state index in [2.05, 4.69) is 10.1 Å². The molecular weight excluding hydrogens is 683 g/mol. The van der Waals surface area contributed by atoms with E-state index in [1.165, 1.54) is 30.3 Å². The van der Waals surface area contributed by atoms with Crippen molar-refractivity contribution < 1.29 is 58.5 Å². The summed E-state index contributed by atoms with van der Waals surface area (Å²) in [7, 11) is -4.51. The number of alkyl carbamates (subject to hydrolysis) is 1. The van der Waals surface area contributed by atoms with Crippen molar-refractivity contribution in [3.8, 4) is 0 Å². The van der Waals surface area contributed by atoms with Crippen LogP contribution in [0.5, 0.6) is 0 Å². The summed E-state index contributed by atoms with van der Waals surface area (Å²) in [6.07, 6.45) is -13.5. The number of carbonyl (C=O) groups excluding carboxylic acids is 1. The van der Waals surface area contributed by atoms with Gasteiger partial charge in [-0.25, -0.2) is 17.6 Å². The number of ether oxygens (including phenoxy) is 2. The van der Waals surface area contributed by atoms with Gasteiger partial charge in [0.1, 0.15) is 10.6 Å². The SMILES string of the molecule is CC(C)(C)C1(NC(=O)OCO)CCC(c2ccc(C(OCc3ccccc3)(C(F)(F)F)C(F)(F)F)cc2)(S(=O)(=O)c2ccc(F)cc2)CC1. The lowest BCUT2D eigenvalue weighted by Crippen LogP contribution is -2.61. The number of hydrogen-bond donors (Lipinski definition) is 2. The van der Waals surface area contributed by atoms with Crippen LogP contribution in [0.2, 0.25) is 0 Å². The summed E-state index contributed by atoms with van der Waals surface area (Å²) >= 11 is 0. The summed E-state index contributed by atoms with van der Waals surface area (Å²) in [6, 6.07) is 13.8. The van der Waals surface area contributed by atoms with Crippen molar-refractivity contribution in [2.24, 2.45) is 5.41 Å². The minimum atomic E-state index is -5.98. The Kier molecular flexibility index (Phi) is 10.5. The van der Waals surface area contributed by atoms with E-state index in [1.807, 2.05) is 0 Å². The molecule has 1 fully saturated rings. The van der Waals surface area contributed by atoms with Gasteiger partial charge in [0, 0.05) is 11.1 Å². The zero-order valence-electron chi connectivity index (χ0n) is 26.8. The van der Waals surface area contributed by atoms with Crippen LogP contribution in [0.15, 0.2) is 83.8 Å². The van der Waals surface area contributed by atoms with Crippen molar-refractivity contribution in [1.29, 1.82) is 0 Å². The fourth-order valence-corrected chi connectivity index (χ4v) is 8.63. The van der Waals surface area contributed by atoms with Crippen molar-refractivity contribution in [3.05, 3.63) is 101 Å². The van der Waals surface area contributed by atoms with Gasteiger partial charge in [-0.3, -0.25) is 0 Å². The Morgan fingerprint density at radius 2 is 1.35 bits per heavy atom. The molecule has 15 heteroatoms. The largest absolute Gasteiger partial charge is 0.430 e. The normalized spacial score (nSPS) is 20.9. The topological polar surface area (TPSA) is 102 Å². The molecular formula is C34H36F7NO6S. The maximum absolute atomic E-state index is 14.6. The number of rotatable bonds is 9. The first kappa shape index (κ1) is 38.1. The lowest BCUT2D eigenvalue weighted by Gasteiger charge is -2.52. The number of aliphatic hydroxyl groups excluding tert-OH is 1. The molecule has 0 spiro atoms. The van der Waals surface area contributed by atoms with Crippen LogP contribution in [0.1, 0.15) is 63.1 Å². The molecule has 3 aromatic carbocycles. The van der Waals surface area contributed by atoms with E-state index < -0.39 is 74.4 Å². The predicted octanol–water partition coefficient (Wildman–Crippen LogP) is 8.07. The van der Waals surface area contributed by atoms with E-state index in [0.717, 1.165) is 36.4 Å². The van der Waals surface area contributed by atoms with Gasteiger partial charge in [-0.15, -0.1) is 0 Å². The van der Waals surface area contributed by atoms with Crippen LogP contribution >= 0.6 is 0 Å². The molecule has 268 valence electrons. The Morgan fingerprint density at radius 1 is 0.816 bits per heavy atom. The molecule has 3 aromatic rings. The summed E-state index contributed by atoms with van der Waals surface area (Å²) in [5, 5.41) is 11.8. The maximum Gasteiger partial charge on any atom is 0.430 e. The van der Waals surface area contributed by atoms with Crippen LogP contribution in [-0.2, 0) is 36.3 Å². The monoisotopic (exact) mass is 719 g/mol. The molecule has 0 aromatic heterocycles. The summed E-state index contributed by atoms with van der Waals surface area (Å²) in [5.74, 6) is -0.731. The van der Waals surface area contributed by atoms with Gasteiger partial charge in [-0.05, 0) is 66.5 Å². The van der Waals surface area contributed by atoms with Crippen LogP contribution < -0.4 is 5.32 Å². The van der Waals surface area contributed by atoms with Gasteiger partial charge >= 0.3 is 18.4 Å². The number of carbonyl (C=O) groups is 1. The molecule has 0 radical (unpaired) electrons. The Hall–Kier alpha value is -3.69. The first-order valence-corrected chi connectivity index (χ1v) is 16.6. The van der Waals surface area contributed by atoms with E-state index in [-0.39, 0.29) is 41.7 Å². The fourth-order valence-electron chi connectivity index (χ4n) is 6.49. The Bertz CT molecular complexity index is 1680. The molecule has 1 aliphatic rings. The highest BCUT2D eigenvalue weighted by molar-refractivity contribution is 7.92. The van der Waals surface area contributed by atoms with Crippen LogP contribution in [0.4, 0.5) is 35.5 Å².